The number of nitrogens with zero attached hydrogens (tertiary/aromatic N) is 4. The Morgan fingerprint density at radius 1 is 0.479 bits per heavy atom. The molecule has 0 saturated heterocycles. The van der Waals surface area contributed by atoms with Crippen LogP contribution >= 0.6 is 11.3 Å². The van der Waals surface area contributed by atoms with E-state index in [9.17, 15) is 0 Å². The van der Waals surface area contributed by atoms with E-state index in [-0.39, 0.29) is 0 Å². The first kappa shape index (κ1) is 26.9. The number of benzene rings is 6. The summed E-state index contributed by atoms with van der Waals surface area (Å²) in [6.07, 6.45) is 3.57. The van der Waals surface area contributed by atoms with Gasteiger partial charge < -0.3 is 4.42 Å². The average molecular weight is 633 g/mol. The first-order valence-corrected chi connectivity index (χ1v) is 16.6. The number of aromatic nitrogens is 4. The van der Waals surface area contributed by atoms with Crippen molar-refractivity contribution in [3.63, 3.8) is 0 Å². The minimum atomic E-state index is 0.613. The molecule has 4 heterocycles. The lowest BCUT2D eigenvalue weighted by molar-refractivity contribution is 0.668. The van der Waals surface area contributed by atoms with Crippen LogP contribution in [0.4, 0.5) is 0 Å². The summed E-state index contributed by atoms with van der Waals surface area (Å²) < 4.78 is 8.79. The Morgan fingerprint density at radius 3 is 2.10 bits per heavy atom. The van der Waals surface area contributed by atoms with E-state index in [0.29, 0.717) is 17.5 Å². The predicted octanol–water partition coefficient (Wildman–Crippen LogP) is 11.4. The highest BCUT2D eigenvalue weighted by Crippen LogP contribution is 2.41. The van der Waals surface area contributed by atoms with Crippen molar-refractivity contribution in [1.82, 2.24) is 19.9 Å². The van der Waals surface area contributed by atoms with Gasteiger partial charge in [-0.1, -0.05) is 109 Å². The van der Waals surface area contributed by atoms with Crippen molar-refractivity contribution in [3.05, 3.63) is 146 Å². The quantitative estimate of drug-likeness (QED) is 0.193. The maximum atomic E-state index is 6.34. The molecule has 6 aromatic carbocycles. The molecule has 0 radical (unpaired) electrons. The second-order valence-corrected chi connectivity index (χ2v) is 12.9. The van der Waals surface area contributed by atoms with Crippen molar-refractivity contribution in [3.8, 4) is 45.3 Å². The molecule has 10 rings (SSSR count). The Kier molecular flexibility index (Phi) is 5.98. The minimum Gasteiger partial charge on any atom is -0.454 e. The zero-order valence-electron chi connectivity index (χ0n) is 25.5. The first-order valence-electron chi connectivity index (χ1n) is 15.8. The van der Waals surface area contributed by atoms with E-state index in [4.69, 9.17) is 19.4 Å². The van der Waals surface area contributed by atoms with Gasteiger partial charge in [-0.05, 0) is 40.6 Å². The van der Waals surface area contributed by atoms with Crippen LogP contribution < -0.4 is 0 Å². The molecule has 0 atom stereocenters. The zero-order chi connectivity index (χ0) is 31.6. The zero-order valence-corrected chi connectivity index (χ0v) is 26.3. The summed E-state index contributed by atoms with van der Waals surface area (Å²) in [6.45, 7) is 0. The summed E-state index contributed by atoms with van der Waals surface area (Å²) in [4.78, 5) is 19.8. The van der Waals surface area contributed by atoms with E-state index in [1.54, 1.807) is 23.7 Å². The average Bonchev–Trinajstić information content (AvgIpc) is 3.73. The van der Waals surface area contributed by atoms with Crippen molar-refractivity contribution >= 4 is 64.2 Å². The molecule has 0 saturated carbocycles. The maximum Gasteiger partial charge on any atom is 0.164 e. The fourth-order valence-electron chi connectivity index (χ4n) is 6.83. The summed E-state index contributed by atoms with van der Waals surface area (Å²) in [5, 5.41) is 6.72. The third kappa shape index (κ3) is 4.24. The predicted molar refractivity (Wildman–Crippen MR) is 197 cm³/mol. The standard InChI is InChI=1S/C42H24N4OS/c1-2-13-28-25(9-1)10-6-17-32(28)41-44-40(45-42(46-41)34-18-8-20-37-38(34)33-14-3-4-19-36(33)48-37)27-12-5-11-26(23-27)29-15-7-16-31-30-21-22-43-24-35(30)47-39(29)31/h1-24H. The van der Waals surface area contributed by atoms with Crippen LogP contribution in [0.1, 0.15) is 0 Å². The molecule has 0 spiro atoms. The molecular formula is C42H24N4OS. The maximum absolute atomic E-state index is 6.34. The Labute approximate surface area is 278 Å². The smallest absolute Gasteiger partial charge is 0.164 e. The Bertz CT molecular complexity index is 2860. The lowest BCUT2D eigenvalue weighted by Gasteiger charge is -2.12. The third-order valence-electron chi connectivity index (χ3n) is 9.04. The molecule has 5 nitrogen and oxygen atoms in total. The molecule has 0 bridgehead atoms. The number of hydrogen-bond donors (Lipinski definition) is 0. The molecule has 224 valence electrons. The lowest BCUT2D eigenvalue weighted by atomic mass is 10.00. The number of fused-ring (bicyclic) bond motifs is 7. The summed E-state index contributed by atoms with van der Waals surface area (Å²) in [5.74, 6) is 1.90. The number of rotatable bonds is 4. The Hall–Kier alpha value is -6.24. The van der Waals surface area contributed by atoms with E-state index in [2.05, 4.69) is 132 Å². The van der Waals surface area contributed by atoms with Crippen molar-refractivity contribution < 1.29 is 4.42 Å². The molecule has 0 aliphatic carbocycles. The molecule has 0 aliphatic rings. The van der Waals surface area contributed by atoms with Gasteiger partial charge in [-0.3, -0.25) is 4.98 Å². The largest absolute Gasteiger partial charge is 0.454 e. The highest BCUT2D eigenvalue weighted by Gasteiger charge is 2.19. The second kappa shape index (κ2) is 10.7. The summed E-state index contributed by atoms with van der Waals surface area (Å²) >= 11 is 1.79. The monoisotopic (exact) mass is 632 g/mol. The van der Waals surface area contributed by atoms with E-state index in [0.717, 1.165) is 60.5 Å². The van der Waals surface area contributed by atoms with Gasteiger partial charge in [0.05, 0.1) is 6.20 Å². The minimum absolute atomic E-state index is 0.613. The molecule has 0 aliphatic heterocycles. The van der Waals surface area contributed by atoms with Crippen molar-refractivity contribution in [2.45, 2.75) is 0 Å². The number of hydrogen-bond acceptors (Lipinski definition) is 6. The van der Waals surface area contributed by atoms with Crippen LogP contribution in [0.2, 0.25) is 0 Å². The van der Waals surface area contributed by atoms with Gasteiger partial charge in [0, 0.05) is 59.4 Å². The van der Waals surface area contributed by atoms with E-state index in [1.165, 1.54) is 20.2 Å². The van der Waals surface area contributed by atoms with Gasteiger partial charge in [0.15, 0.2) is 23.1 Å². The van der Waals surface area contributed by atoms with Crippen LogP contribution in [0.15, 0.2) is 150 Å². The summed E-state index contributed by atoms with van der Waals surface area (Å²) in [5.41, 5.74) is 6.49. The van der Waals surface area contributed by atoms with Gasteiger partial charge in [0.25, 0.3) is 0 Å². The fourth-order valence-corrected chi connectivity index (χ4v) is 7.97. The summed E-state index contributed by atoms with van der Waals surface area (Å²) in [6, 6.07) is 46.2. The van der Waals surface area contributed by atoms with Crippen molar-refractivity contribution in [2.75, 3.05) is 0 Å². The molecule has 4 aromatic heterocycles. The van der Waals surface area contributed by atoms with Gasteiger partial charge in [-0.25, -0.2) is 15.0 Å². The highest BCUT2D eigenvalue weighted by molar-refractivity contribution is 7.25. The third-order valence-corrected chi connectivity index (χ3v) is 10.2. The molecular weight excluding hydrogens is 609 g/mol. The number of thiophene rings is 1. The normalized spacial score (nSPS) is 11.8. The SMILES string of the molecule is c1cc(-c2nc(-c3cccc4ccccc34)nc(-c3cccc4sc5ccccc5c34)n2)cc(-c2cccc3c2oc2cnccc23)c1. The van der Waals surface area contributed by atoms with Crippen LogP contribution in [-0.2, 0) is 0 Å². The van der Waals surface area contributed by atoms with Crippen LogP contribution in [0.3, 0.4) is 0 Å². The van der Waals surface area contributed by atoms with Crippen LogP contribution in [-0.4, -0.2) is 19.9 Å². The summed E-state index contributed by atoms with van der Waals surface area (Å²) in [7, 11) is 0. The van der Waals surface area contributed by atoms with Gasteiger partial charge >= 0.3 is 0 Å². The van der Waals surface area contributed by atoms with E-state index in [1.807, 2.05) is 6.07 Å². The van der Waals surface area contributed by atoms with Gasteiger partial charge in [0.1, 0.15) is 5.58 Å². The first-order chi connectivity index (χ1) is 23.8. The Morgan fingerprint density at radius 2 is 1.15 bits per heavy atom. The van der Waals surface area contributed by atoms with Crippen molar-refractivity contribution in [1.29, 1.82) is 0 Å². The lowest BCUT2D eigenvalue weighted by Crippen LogP contribution is -2.01. The van der Waals surface area contributed by atoms with Crippen LogP contribution in [0.25, 0.3) is 98.2 Å². The van der Waals surface area contributed by atoms with E-state index < -0.39 is 0 Å². The molecule has 6 heteroatoms. The highest BCUT2D eigenvalue weighted by atomic mass is 32.1. The molecule has 48 heavy (non-hydrogen) atoms. The molecule has 10 aromatic rings. The van der Waals surface area contributed by atoms with Crippen LogP contribution in [0.5, 0.6) is 0 Å². The number of furan rings is 1. The molecule has 0 amide bonds. The van der Waals surface area contributed by atoms with Gasteiger partial charge in [-0.2, -0.15) is 0 Å². The van der Waals surface area contributed by atoms with E-state index >= 15 is 0 Å². The topological polar surface area (TPSA) is 64.7 Å². The van der Waals surface area contributed by atoms with Gasteiger partial charge in [-0.15, -0.1) is 11.3 Å². The van der Waals surface area contributed by atoms with Gasteiger partial charge in [0.2, 0.25) is 0 Å². The number of pyridine rings is 1. The molecule has 0 N–H and O–H groups in total. The van der Waals surface area contributed by atoms with Crippen LogP contribution in [0, 0.1) is 0 Å². The van der Waals surface area contributed by atoms with Crippen molar-refractivity contribution in [2.24, 2.45) is 0 Å². The second-order valence-electron chi connectivity index (χ2n) is 11.8. The molecule has 0 fully saturated rings. The number of para-hydroxylation sites is 1. The molecule has 0 unspecified atom stereocenters. The fraction of sp³-hybridized carbons (Fsp3) is 0. The Balaban J connectivity index is 1.21.